The van der Waals surface area contributed by atoms with Crippen LogP contribution in [0.3, 0.4) is 0 Å². The average molecular weight is 199 g/mol. The first-order chi connectivity index (χ1) is 6.68. The van der Waals surface area contributed by atoms with Gasteiger partial charge in [0.15, 0.2) is 0 Å². The summed E-state index contributed by atoms with van der Waals surface area (Å²) in [5.74, 6) is 0. The highest BCUT2D eigenvalue weighted by Gasteiger charge is 2.34. The van der Waals surface area contributed by atoms with Crippen LogP contribution in [-0.4, -0.2) is 36.0 Å². The summed E-state index contributed by atoms with van der Waals surface area (Å²) in [5, 5.41) is 13.4. The minimum Gasteiger partial charge on any atom is -0.389 e. The molecule has 14 heavy (non-hydrogen) atoms. The quantitative estimate of drug-likeness (QED) is 0.714. The van der Waals surface area contributed by atoms with E-state index in [0.717, 1.165) is 38.8 Å². The minimum atomic E-state index is -0.387. The second kappa shape index (κ2) is 4.17. The van der Waals surface area contributed by atoms with Gasteiger partial charge in [-0.1, -0.05) is 0 Å². The number of ether oxygens (including phenoxy) is 1. The van der Waals surface area contributed by atoms with Crippen LogP contribution in [0.5, 0.6) is 0 Å². The van der Waals surface area contributed by atoms with Gasteiger partial charge in [-0.15, -0.1) is 0 Å². The van der Waals surface area contributed by atoms with Gasteiger partial charge in [-0.25, -0.2) is 0 Å². The lowest BCUT2D eigenvalue weighted by Crippen LogP contribution is -2.50. The molecule has 0 aromatic rings. The molecule has 1 saturated heterocycles. The van der Waals surface area contributed by atoms with Gasteiger partial charge in [0.05, 0.1) is 11.7 Å². The maximum atomic E-state index is 9.91. The van der Waals surface area contributed by atoms with Crippen molar-refractivity contribution in [2.75, 3.05) is 13.2 Å². The molecule has 2 fully saturated rings. The summed E-state index contributed by atoms with van der Waals surface area (Å²) in [6.07, 6.45) is 5.66. The van der Waals surface area contributed by atoms with E-state index >= 15 is 0 Å². The highest BCUT2D eigenvalue weighted by atomic mass is 16.5. The fourth-order valence-corrected chi connectivity index (χ4v) is 2.28. The van der Waals surface area contributed by atoms with Gasteiger partial charge in [0.2, 0.25) is 0 Å². The highest BCUT2D eigenvalue weighted by Crippen LogP contribution is 2.31. The van der Waals surface area contributed by atoms with E-state index in [1.165, 1.54) is 6.42 Å². The molecule has 1 heterocycles. The van der Waals surface area contributed by atoms with Crippen molar-refractivity contribution in [3.05, 3.63) is 0 Å². The molecule has 0 aromatic heterocycles. The average Bonchev–Trinajstić information content (AvgIpc) is 2.12. The summed E-state index contributed by atoms with van der Waals surface area (Å²) in [7, 11) is 0. The highest BCUT2D eigenvalue weighted by molar-refractivity contribution is 4.91. The lowest BCUT2D eigenvalue weighted by atomic mass is 9.80. The lowest BCUT2D eigenvalue weighted by Gasteiger charge is -2.39. The molecule has 0 aromatic carbocycles. The normalized spacial score (nSPS) is 36.4. The Morgan fingerprint density at radius 1 is 1.50 bits per heavy atom. The first-order valence-corrected chi connectivity index (χ1v) is 5.75. The van der Waals surface area contributed by atoms with Crippen LogP contribution in [-0.2, 0) is 4.74 Å². The zero-order valence-electron chi connectivity index (χ0n) is 8.96. The van der Waals surface area contributed by atoms with E-state index < -0.39 is 0 Å². The monoisotopic (exact) mass is 199 g/mol. The largest absolute Gasteiger partial charge is 0.389 e. The third-order valence-corrected chi connectivity index (χ3v) is 3.49. The molecule has 2 rings (SSSR count). The first kappa shape index (κ1) is 10.4. The standard InChI is InChI=1S/C11H21NO2/c1-9-7-10(3-6-14-9)12-8-11(13)4-2-5-11/h9-10,12-13H,2-8H2,1H3. The molecule has 2 aliphatic rings. The summed E-state index contributed by atoms with van der Waals surface area (Å²) < 4.78 is 5.48. The van der Waals surface area contributed by atoms with Crippen molar-refractivity contribution in [3.63, 3.8) is 0 Å². The molecular weight excluding hydrogens is 178 g/mol. The van der Waals surface area contributed by atoms with Crippen LogP contribution in [0.1, 0.15) is 39.0 Å². The van der Waals surface area contributed by atoms with E-state index in [0.29, 0.717) is 12.1 Å². The molecule has 0 bridgehead atoms. The second-order valence-electron chi connectivity index (χ2n) is 4.86. The third kappa shape index (κ3) is 2.47. The van der Waals surface area contributed by atoms with Gasteiger partial charge < -0.3 is 15.2 Å². The van der Waals surface area contributed by atoms with Crippen molar-refractivity contribution in [2.24, 2.45) is 0 Å². The van der Waals surface area contributed by atoms with Gasteiger partial charge in [-0.05, 0) is 39.0 Å². The van der Waals surface area contributed by atoms with Crippen molar-refractivity contribution in [1.29, 1.82) is 0 Å². The first-order valence-electron chi connectivity index (χ1n) is 5.75. The van der Waals surface area contributed by atoms with Gasteiger partial charge in [0, 0.05) is 19.2 Å². The zero-order valence-corrected chi connectivity index (χ0v) is 8.96. The maximum Gasteiger partial charge on any atom is 0.0771 e. The molecular formula is C11H21NO2. The van der Waals surface area contributed by atoms with Crippen LogP contribution in [0.25, 0.3) is 0 Å². The van der Waals surface area contributed by atoms with E-state index in [9.17, 15) is 5.11 Å². The van der Waals surface area contributed by atoms with E-state index in [4.69, 9.17) is 4.74 Å². The van der Waals surface area contributed by atoms with Crippen LogP contribution >= 0.6 is 0 Å². The van der Waals surface area contributed by atoms with Gasteiger partial charge >= 0.3 is 0 Å². The van der Waals surface area contributed by atoms with Crippen LogP contribution in [0.4, 0.5) is 0 Å². The molecule has 82 valence electrons. The Labute approximate surface area is 85.8 Å². The SMILES string of the molecule is CC1CC(NCC2(O)CCC2)CCO1. The summed E-state index contributed by atoms with van der Waals surface area (Å²) in [6, 6.07) is 0.545. The van der Waals surface area contributed by atoms with Gasteiger partial charge in [-0.3, -0.25) is 0 Å². The van der Waals surface area contributed by atoms with Gasteiger partial charge in [0.25, 0.3) is 0 Å². The van der Waals surface area contributed by atoms with Crippen LogP contribution in [0.2, 0.25) is 0 Å². The summed E-state index contributed by atoms with van der Waals surface area (Å²) in [6.45, 7) is 3.74. The third-order valence-electron chi connectivity index (χ3n) is 3.49. The number of aliphatic hydroxyl groups is 1. The predicted molar refractivity (Wildman–Crippen MR) is 55.2 cm³/mol. The Kier molecular flexibility index (Phi) is 3.10. The van der Waals surface area contributed by atoms with Gasteiger partial charge in [-0.2, -0.15) is 0 Å². The van der Waals surface area contributed by atoms with E-state index in [1.807, 2.05) is 0 Å². The van der Waals surface area contributed by atoms with Crippen LogP contribution < -0.4 is 5.32 Å². The molecule has 1 aliphatic heterocycles. The molecule has 1 saturated carbocycles. The van der Waals surface area contributed by atoms with Crippen molar-refractivity contribution < 1.29 is 9.84 Å². The number of hydrogen-bond donors (Lipinski definition) is 2. The fourth-order valence-electron chi connectivity index (χ4n) is 2.28. The molecule has 1 aliphatic carbocycles. The van der Waals surface area contributed by atoms with Crippen molar-refractivity contribution in [3.8, 4) is 0 Å². The Morgan fingerprint density at radius 2 is 2.29 bits per heavy atom. The second-order valence-corrected chi connectivity index (χ2v) is 4.86. The molecule has 2 unspecified atom stereocenters. The Balaban J connectivity index is 1.69. The minimum absolute atomic E-state index is 0.372. The van der Waals surface area contributed by atoms with E-state index in [-0.39, 0.29) is 5.60 Å². The molecule has 2 N–H and O–H groups in total. The number of rotatable bonds is 3. The molecule has 3 nitrogen and oxygen atoms in total. The maximum absolute atomic E-state index is 9.91. The summed E-state index contributed by atoms with van der Waals surface area (Å²) >= 11 is 0. The molecule has 2 atom stereocenters. The van der Waals surface area contributed by atoms with E-state index in [2.05, 4.69) is 12.2 Å². The predicted octanol–water partition coefficient (Wildman–Crippen LogP) is 1.06. The zero-order chi connectivity index (χ0) is 10.0. The Morgan fingerprint density at radius 3 is 2.86 bits per heavy atom. The van der Waals surface area contributed by atoms with Crippen molar-refractivity contribution in [2.45, 2.75) is 56.8 Å². The number of nitrogens with one attached hydrogen (secondary N) is 1. The van der Waals surface area contributed by atoms with Crippen molar-refractivity contribution in [1.82, 2.24) is 5.32 Å². The Bertz CT molecular complexity index is 192. The smallest absolute Gasteiger partial charge is 0.0771 e. The van der Waals surface area contributed by atoms with E-state index in [1.54, 1.807) is 0 Å². The van der Waals surface area contributed by atoms with Crippen LogP contribution in [0.15, 0.2) is 0 Å². The molecule has 0 amide bonds. The van der Waals surface area contributed by atoms with Crippen molar-refractivity contribution >= 4 is 0 Å². The number of hydrogen-bond acceptors (Lipinski definition) is 3. The Hall–Kier alpha value is -0.120. The van der Waals surface area contributed by atoms with Crippen LogP contribution in [0, 0.1) is 0 Å². The molecule has 3 heteroatoms. The molecule has 0 radical (unpaired) electrons. The van der Waals surface area contributed by atoms with Gasteiger partial charge in [0.1, 0.15) is 0 Å². The summed E-state index contributed by atoms with van der Waals surface area (Å²) in [5.41, 5.74) is -0.387. The summed E-state index contributed by atoms with van der Waals surface area (Å²) in [4.78, 5) is 0. The fraction of sp³-hybridized carbons (Fsp3) is 1.00. The topological polar surface area (TPSA) is 41.5 Å². The lowest BCUT2D eigenvalue weighted by molar-refractivity contribution is -0.0410. The molecule has 0 spiro atoms.